The Balaban J connectivity index is 4.44. The summed E-state index contributed by atoms with van der Waals surface area (Å²) in [7, 11) is 0. The minimum Gasteiger partial charge on any atom is -0.481 e. The Labute approximate surface area is 106 Å². The molecule has 1 amide bonds. The van der Waals surface area contributed by atoms with Gasteiger partial charge in [-0.25, -0.2) is 4.79 Å². The van der Waals surface area contributed by atoms with E-state index in [0.29, 0.717) is 5.57 Å². The first-order valence-electron chi connectivity index (χ1n) is 5.80. The Morgan fingerprint density at radius 2 is 1.89 bits per heavy atom. The SMILES string of the molecule is CCC/C=C(\C)C(=O)NC(CCC(=O)O)C(=O)O. The lowest BCUT2D eigenvalue weighted by atomic mass is 10.1. The van der Waals surface area contributed by atoms with Crippen LogP contribution in [-0.4, -0.2) is 34.1 Å². The van der Waals surface area contributed by atoms with Crippen LogP contribution in [0, 0.1) is 0 Å². The van der Waals surface area contributed by atoms with E-state index in [1.165, 1.54) is 0 Å². The first-order valence-corrected chi connectivity index (χ1v) is 5.80. The fraction of sp³-hybridized carbons (Fsp3) is 0.583. The molecule has 0 radical (unpaired) electrons. The number of unbranched alkanes of at least 4 members (excludes halogenated alkanes) is 1. The van der Waals surface area contributed by atoms with Crippen molar-refractivity contribution in [1.82, 2.24) is 5.32 Å². The summed E-state index contributed by atoms with van der Waals surface area (Å²) in [6.45, 7) is 3.57. The van der Waals surface area contributed by atoms with Crippen molar-refractivity contribution in [3.63, 3.8) is 0 Å². The normalized spacial score (nSPS) is 12.9. The molecule has 0 saturated heterocycles. The van der Waals surface area contributed by atoms with Crippen LogP contribution in [0.1, 0.15) is 39.5 Å². The first-order chi connectivity index (χ1) is 8.38. The van der Waals surface area contributed by atoms with Crippen molar-refractivity contribution in [1.29, 1.82) is 0 Å². The number of aliphatic carboxylic acids is 2. The Hall–Kier alpha value is -1.85. The molecule has 0 aliphatic heterocycles. The van der Waals surface area contributed by atoms with Crippen LogP contribution in [0.25, 0.3) is 0 Å². The minimum absolute atomic E-state index is 0.128. The van der Waals surface area contributed by atoms with Crippen molar-refractivity contribution >= 4 is 17.8 Å². The maximum Gasteiger partial charge on any atom is 0.326 e. The Bertz CT molecular complexity index is 348. The second kappa shape index (κ2) is 8.27. The van der Waals surface area contributed by atoms with Crippen LogP contribution in [0.15, 0.2) is 11.6 Å². The van der Waals surface area contributed by atoms with Crippen LogP contribution < -0.4 is 5.32 Å². The van der Waals surface area contributed by atoms with Crippen molar-refractivity contribution in [3.8, 4) is 0 Å². The summed E-state index contributed by atoms with van der Waals surface area (Å²) < 4.78 is 0. The van der Waals surface area contributed by atoms with Crippen LogP contribution in [0.5, 0.6) is 0 Å². The van der Waals surface area contributed by atoms with Gasteiger partial charge in [0.15, 0.2) is 0 Å². The lowest BCUT2D eigenvalue weighted by Gasteiger charge is -2.13. The summed E-state index contributed by atoms with van der Waals surface area (Å²) in [4.78, 5) is 32.8. The molecule has 0 aliphatic carbocycles. The summed E-state index contributed by atoms with van der Waals surface area (Å²) in [6, 6.07) is -1.17. The number of carbonyl (C=O) groups excluding carboxylic acids is 1. The molecule has 6 heteroatoms. The zero-order chi connectivity index (χ0) is 14.1. The smallest absolute Gasteiger partial charge is 0.326 e. The molecule has 0 aromatic rings. The molecule has 0 bridgehead atoms. The molecule has 0 spiro atoms. The van der Waals surface area contributed by atoms with Gasteiger partial charge in [0.1, 0.15) is 6.04 Å². The zero-order valence-corrected chi connectivity index (χ0v) is 10.6. The lowest BCUT2D eigenvalue weighted by Crippen LogP contribution is -2.41. The molecular weight excluding hydrogens is 238 g/mol. The van der Waals surface area contributed by atoms with Gasteiger partial charge in [-0.05, 0) is 19.8 Å². The molecule has 3 N–H and O–H groups in total. The maximum absolute atomic E-state index is 11.6. The third kappa shape index (κ3) is 6.67. The summed E-state index contributed by atoms with van der Waals surface area (Å²) in [5, 5.41) is 19.7. The third-order valence-corrected chi connectivity index (χ3v) is 2.35. The number of amides is 1. The molecule has 0 rings (SSSR count). The van der Waals surface area contributed by atoms with Gasteiger partial charge in [0, 0.05) is 12.0 Å². The molecule has 0 aromatic carbocycles. The highest BCUT2D eigenvalue weighted by molar-refractivity contribution is 5.95. The lowest BCUT2D eigenvalue weighted by molar-refractivity contribution is -0.142. The van der Waals surface area contributed by atoms with Gasteiger partial charge in [-0.3, -0.25) is 9.59 Å². The maximum atomic E-state index is 11.6. The van der Waals surface area contributed by atoms with Crippen LogP contribution in [0.4, 0.5) is 0 Å². The highest BCUT2D eigenvalue weighted by Crippen LogP contribution is 2.02. The summed E-state index contributed by atoms with van der Waals surface area (Å²) in [6.07, 6.45) is 2.94. The monoisotopic (exact) mass is 257 g/mol. The molecule has 1 atom stereocenters. The van der Waals surface area contributed by atoms with Gasteiger partial charge in [-0.15, -0.1) is 0 Å². The molecule has 0 fully saturated rings. The van der Waals surface area contributed by atoms with Gasteiger partial charge < -0.3 is 15.5 Å². The number of hydrogen-bond donors (Lipinski definition) is 3. The van der Waals surface area contributed by atoms with E-state index >= 15 is 0 Å². The molecule has 6 nitrogen and oxygen atoms in total. The van der Waals surface area contributed by atoms with E-state index in [1.54, 1.807) is 13.0 Å². The van der Waals surface area contributed by atoms with Gasteiger partial charge >= 0.3 is 11.9 Å². The second-order valence-corrected chi connectivity index (χ2v) is 3.97. The average molecular weight is 257 g/mol. The summed E-state index contributed by atoms with van der Waals surface area (Å²) >= 11 is 0. The quantitative estimate of drug-likeness (QED) is 0.566. The van der Waals surface area contributed by atoms with E-state index in [0.717, 1.165) is 12.8 Å². The number of hydrogen-bond acceptors (Lipinski definition) is 3. The molecule has 0 aliphatic rings. The van der Waals surface area contributed by atoms with Crippen LogP contribution >= 0.6 is 0 Å². The predicted molar refractivity (Wildman–Crippen MR) is 65.1 cm³/mol. The standard InChI is InChI=1S/C12H19NO5/c1-3-4-5-8(2)11(16)13-9(12(17)18)6-7-10(14)15/h5,9H,3-4,6-7H2,1-2H3,(H,13,16)(H,14,15)(H,17,18)/b8-5+. The van der Waals surface area contributed by atoms with Crippen molar-refractivity contribution in [3.05, 3.63) is 11.6 Å². The van der Waals surface area contributed by atoms with E-state index in [4.69, 9.17) is 10.2 Å². The molecule has 0 saturated carbocycles. The van der Waals surface area contributed by atoms with Crippen LogP contribution in [0.2, 0.25) is 0 Å². The van der Waals surface area contributed by atoms with Gasteiger partial charge in [-0.1, -0.05) is 19.4 Å². The van der Waals surface area contributed by atoms with Gasteiger partial charge in [0.05, 0.1) is 0 Å². The highest BCUT2D eigenvalue weighted by Gasteiger charge is 2.21. The predicted octanol–water partition coefficient (Wildman–Crippen LogP) is 1.17. The fourth-order valence-corrected chi connectivity index (χ4v) is 1.25. The number of carbonyl (C=O) groups is 3. The zero-order valence-electron chi connectivity index (χ0n) is 10.6. The summed E-state index contributed by atoms with van der Waals surface area (Å²) in [5.74, 6) is -2.79. The fourth-order valence-electron chi connectivity index (χ4n) is 1.25. The largest absolute Gasteiger partial charge is 0.481 e. The second-order valence-electron chi connectivity index (χ2n) is 3.97. The van der Waals surface area contributed by atoms with E-state index in [9.17, 15) is 14.4 Å². The molecule has 0 aromatic heterocycles. The summed E-state index contributed by atoms with van der Waals surface area (Å²) in [5.41, 5.74) is 0.443. The van der Waals surface area contributed by atoms with Gasteiger partial charge in [0.25, 0.3) is 0 Å². The number of nitrogens with one attached hydrogen (secondary N) is 1. The van der Waals surface area contributed by atoms with Crippen molar-refractivity contribution < 1.29 is 24.6 Å². The average Bonchev–Trinajstić information content (AvgIpc) is 2.30. The van der Waals surface area contributed by atoms with Crippen molar-refractivity contribution in [2.45, 2.75) is 45.6 Å². The van der Waals surface area contributed by atoms with Crippen LogP contribution in [-0.2, 0) is 14.4 Å². The van der Waals surface area contributed by atoms with Crippen molar-refractivity contribution in [2.24, 2.45) is 0 Å². The minimum atomic E-state index is -1.23. The van der Waals surface area contributed by atoms with E-state index in [-0.39, 0.29) is 12.8 Å². The topological polar surface area (TPSA) is 104 Å². The Kier molecular flexibility index (Phi) is 7.42. The molecule has 1 unspecified atom stereocenters. The van der Waals surface area contributed by atoms with Crippen LogP contribution in [0.3, 0.4) is 0 Å². The Morgan fingerprint density at radius 1 is 1.28 bits per heavy atom. The van der Waals surface area contributed by atoms with Gasteiger partial charge in [0.2, 0.25) is 5.91 Å². The molecular formula is C12H19NO5. The third-order valence-electron chi connectivity index (χ3n) is 2.35. The highest BCUT2D eigenvalue weighted by atomic mass is 16.4. The molecule has 0 heterocycles. The van der Waals surface area contributed by atoms with Crippen molar-refractivity contribution in [2.75, 3.05) is 0 Å². The number of allylic oxidation sites excluding steroid dienone is 1. The Morgan fingerprint density at radius 3 is 2.33 bits per heavy atom. The first kappa shape index (κ1) is 16.1. The van der Waals surface area contributed by atoms with E-state index < -0.39 is 23.9 Å². The van der Waals surface area contributed by atoms with E-state index in [1.807, 2.05) is 6.92 Å². The number of carboxylic acids is 2. The molecule has 102 valence electrons. The molecule has 18 heavy (non-hydrogen) atoms. The van der Waals surface area contributed by atoms with E-state index in [2.05, 4.69) is 5.32 Å². The van der Waals surface area contributed by atoms with Gasteiger partial charge in [-0.2, -0.15) is 0 Å². The number of carboxylic acid groups (broad SMARTS) is 2. The number of rotatable bonds is 8.